The molecule has 0 bridgehead atoms. The summed E-state index contributed by atoms with van der Waals surface area (Å²) >= 11 is 5.89. The fourth-order valence-electron chi connectivity index (χ4n) is 2.12. The van der Waals surface area contributed by atoms with Crippen LogP contribution in [0, 0.1) is 0 Å². The van der Waals surface area contributed by atoms with Crippen LogP contribution in [0.15, 0.2) is 24.3 Å². The molecule has 1 aromatic carbocycles. The summed E-state index contributed by atoms with van der Waals surface area (Å²) in [6.45, 7) is 1.97. The number of fused-ring (bicyclic) bond motifs is 1. The molecular formula is C15H17ClN2O3. The summed E-state index contributed by atoms with van der Waals surface area (Å²) in [6, 6.07) is 6.07. The Labute approximate surface area is 127 Å². The lowest BCUT2D eigenvalue weighted by molar-refractivity contribution is -0.139. The van der Waals surface area contributed by atoms with Crippen molar-refractivity contribution in [3.8, 4) is 0 Å². The van der Waals surface area contributed by atoms with E-state index in [1.54, 1.807) is 24.3 Å². The van der Waals surface area contributed by atoms with Gasteiger partial charge >= 0.3 is 5.97 Å². The minimum absolute atomic E-state index is 0.329. The van der Waals surface area contributed by atoms with Crippen LogP contribution in [0.1, 0.15) is 36.7 Å². The first kappa shape index (κ1) is 15.4. The van der Waals surface area contributed by atoms with Gasteiger partial charge in [-0.25, -0.2) is 4.79 Å². The van der Waals surface area contributed by atoms with Crippen LogP contribution in [0.3, 0.4) is 0 Å². The molecule has 1 atom stereocenters. The van der Waals surface area contributed by atoms with Crippen LogP contribution < -0.4 is 5.32 Å². The highest BCUT2D eigenvalue weighted by Gasteiger charge is 2.20. The van der Waals surface area contributed by atoms with E-state index in [9.17, 15) is 9.59 Å². The quantitative estimate of drug-likeness (QED) is 0.766. The van der Waals surface area contributed by atoms with Crippen LogP contribution >= 0.6 is 11.6 Å². The van der Waals surface area contributed by atoms with Crippen molar-refractivity contribution < 1.29 is 14.7 Å². The van der Waals surface area contributed by atoms with Crippen molar-refractivity contribution in [1.29, 1.82) is 0 Å². The van der Waals surface area contributed by atoms with E-state index in [0.29, 0.717) is 17.1 Å². The third-order valence-corrected chi connectivity index (χ3v) is 3.51. The lowest BCUT2D eigenvalue weighted by Crippen LogP contribution is -2.40. The van der Waals surface area contributed by atoms with E-state index < -0.39 is 17.9 Å². The first-order chi connectivity index (χ1) is 10.0. The first-order valence-corrected chi connectivity index (χ1v) is 7.21. The summed E-state index contributed by atoms with van der Waals surface area (Å²) in [7, 11) is 0. The van der Waals surface area contributed by atoms with Crippen LogP contribution in [0.4, 0.5) is 0 Å². The first-order valence-electron chi connectivity index (χ1n) is 6.83. The average Bonchev–Trinajstić information content (AvgIpc) is 2.85. The number of hydrogen-bond acceptors (Lipinski definition) is 2. The molecular weight excluding hydrogens is 292 g/mol. The summed E-state index contributed by atoms with van der Waals surface area (Å²) in [6.07, 6.45) is 2.05. The largest absolute Gasteiger partial charge is 0.480 e. The molecule has 0 saturated carbocycles. The van der Waals surface area contributed by atoms with E-state index in [4.69, 9.17) is 16.7 Å². The van der Waals surface area contributed by atoms with E-state index >= 15 is 0 Å². The van der Waals surface area contributed by atoms with E-state index in [0.717, 1.165) is 23.7 Å². The number of carboxylic acids is 1. The smallest absolute Gasteiger partial charge is 0.326 e. The fraction of sp³-hybridized carbons (Fsp3) is 0.333. The molecule has 0 spiro atoms. The topological polar surface area (TPSA) is 82.2 Å². The number of aromatic nitrogens is 1. The standard InChI is InChI=1S/C15H17ClN2O3/c1-2-3-4-11(15(20)21)18-14(19)13-7-9-5-6-10(16)8-12(9)17-13/h5-8,11,17H,2-4H2,1H3,(H,18,19)(H,20,21)/t11-/m0/s1. The van der Waals surface area contributed by atoms with Crippen molar-refractivity contribution >= 4 is 34.4 Å². The fourth-order valence-corrected chi connectivity index (χ4v) is 2.30. The maximum Gasteiger partial charge on any atom is 0.326 e. The lowest BCUT2D eigenvalue weighted by atomic mass is 10.1. The summed E-state index contributed by atoms with van der Waals surface area (Å²) in [4.78, 5) is 26.2. The van der Waals surface area contributed by atoms with Gasteiger partial charge in [-0.05, 0) is 24.6 Å². The van der Waals surface area contributed by atoms with Gasteiger partial charge in [-0.3, -0.25) is 4.79 Å². The minimum atomic E-state index is -1.02. The second kappa shape index (κ2) is 6.63. The van der Waals surface area contributed by atoms with Crippen LogP contribution in [-0.2, 0) is 4.79 Å². The molecule has 6 heteroatoms. The second-order valence-electron chi connectivity index (χ2n) is 4.92. The van der Waals surface area contributed by atoms with Crippen LogP contribution in [-0.4, -0.2) is 28.0 Å². The molecule has 1 aromatic heterocycles. The minimum Gasteiger partial charge on any atom is -0.480 e. The summed E-state index contributed by atoms with van der Waals surface area (Å²) in [5, 5.41) is 13.1. The van der Waals surface area contributed by atoms with E-state index in [2.05, 4.69) is 10.3 Å². The van der Waals surface area contributed by atoms with E-state index in [1.165, 1.54) is 0 Å². The molecule has 0 aliphatic heterocycles. The normalized spacial score (nSPS) is 12.3. The zero-order chi connectivity index (χ0) is 15.4. The van der Waals surface area contributed by atoms with Gasteiger partial charge in [-0.2, -0.15) is 0 Å². The number of unbranched alkanes of at least 4 members (excludes halogenated alkanes) is 1. The Bertz CT molecular complexity index is 666. The molecule has 3 N–H and O–H groups in total. The van der Waals surface area contributed by atoms with Gasteiger partial charge in [0.25, 0.3) is 5.91 Å². The van der Waals surface area contributed by atoms with E-state index in [-0.39, 0.29) is 0 Å². The Morgan fingerprint density at radius 1 is 1.38 bits per heavy atom. The number of benzene rings is 1. The van der Waals surface area contributed by atoms with Gasteiger partial charge in [0.15, 0.2) is 0 Å². The zero-order valence-electron chi connectivity index (χ0n) is 11.6. The number of amides is 1. The van der Waals surface area contributed by atoms with Crippen LogP contribution in [0.25, 0.3) is 10.9 Å². The maximum absolute atomic E-state index is 12.1. The van der Waals surface area contributed by atoms with Gasteiger partial charge in [-0.15, -0.1) is 0 Å². The molecule has 5 nitrogen and oxygen atoms in total. The lowest BCUT2D eigenvalue weighted by Gasteiger charge is -2.13. The molecule has 2 rings (SSSR count). The second-order valence-corrected chi connectivity index (χ2v) is 5.36. The predicted molar refractivity (Wildman–Crippen MR) is 81.7 cm³/mol. The SMILES string of the molecule is CCCC[C@H](NC(=O)c1cc2ccc(Cl)cc2[nH]1)C(=O)O. The third-order valence-electron chi connectivity index (χ3n) is 3.28. The zero-order valence-corrected chi connectivity index (χ0v) is 12.4. The molecule has 0 fully saturated rings. The van der Waals surface area contributed by atoms with Gasteiger partial charge in [0.1, 0.15) is 11.7 Å². The van der Waals surface area contributed by atoms with Gasteiger partial charge in [0, 0.05) is 15.9 Å². The Morgan fingerprint density at radius 2 is 2.14 bits per heavy atom. The number of carbonyl (C=O) groups is 2. The molecule has 1 heterocycles. The van der Waals surface area contributed by atoms with Gasteiger partial charge < -0.3 is 15.4 Å². The molecule has 0 aliphatic carbocycles. The van der Waals surface area contributed by atoms with Crippen molar-refractivity contribution in [3.63, 3.8) is 0 Å². The predicted octanol–water partition coefficient (Wildman–Crippen LogP) is 3.19. The maximum atomic E-state index is 12.1. The van der Waals surface area contributed by atoms with Crippen molar-refractivity contribution in [3.05, 3.63) is 35.0 Å². The molecule has 0 unspecified atom stereocenters. The Kier molecular flexibility index (Phi) is 4.85. The number of carboxylic acid groups (broad SMARTS) is 1. The molecule has 2 aromatic rings. The molecule has 21 heavy (non-hydrogen) atoms. The van der Waals surface area contributed by atoms with Crippen molar-refractivity contribution in [1.82, 2.24) is 10.3 Å². The summed E-state index contributed by atoms with van der Waals surface area (Å²) in [5.74, 6) is -1.44. The van der Waals surface area contributed by atoms with E-state index in [1.807, 2.05) is 6.92 Å². The number of aromatic amines is 1. The van der Waals surface area contributed by atoms with Crippen LogP contribution in [0.2, 0.25) is 5.02 Å². The highest BCUT2D eigenvalue weighted by atomic mass is 35.5. The number of carbonyl (C=O) groups excluding carboxylic acids is 1. The summed E-state index contributed by atoms with van der Waals surface area (Å²) in [5.41, 5.74) is 1.07. The number of aliphatic carboxylic acids is 1. The van der Waals surface area contributed by atoms with Crippen molar-refractivity contribution in [2.45, 2.75) is 32.2 Å². The van der Waals surface area contributed by atoms with Crippen molar-refractivity contribution in [2.75, 3.05) is 0 Å². The van der Waals surface area contributed by atoms with Gasteiger partial charge in [-0.1, -0.05) is 37.4 Å². The Hall–Kier alpha value is -2.01. The van der Waals surface area contributed by atoms with Crippen molar-refractivity contribution in [2.24, 2.45) is 0 Å². The highest BCUT2D eigenvalue weighted by Crippen LogP contribution is 2.20. The average molecular weight is 309 g/mol. The molecule has 0 radical (unpaired) electrons. The van der Waals surface area contributed by atoms with Crippen LogP contribution in [0.5, 0.6) is 0 Å². The number of H-pyrrole nitrogens is 1. The monoisotopic (exact) mass is 308 g/mol. The number of hydrogen-bond donors (Lipinski definition) is 3. The Morgan fingerprint density at radius 3 is 2.81 bits per heavy atom. The number of rotatable bonds is 6. The van der Waals surface area contributed by atoms with Gasteiger partial charge in [0.2, 0.25) is 0 Å². The van der Waals surface area contributed by atoms with Gasteiger partial charge in [0.05, 0.1) is 0 Å². The third kappa shape index (κ3) is 3.76. The molecule has 0 saturated heterocycles. The number of nitrogens with one attached hydrogen (secondary N) is 2. The Balaban J connectivity index is 2.15. The molecule has 112 valence electrons. The summed E-state index contributed by atoms with van der Waals surface area (Å²) < 4.78 is 0. The molecule has 1 amide bonds. The highest BCUT2D eigenvalue weighted by molar-refractivity contribution is 6.31. The molecule has 0 aliphatic rings. The number of halogens is 1.